The molecule has 0 spiro atoms. The first kappa shape index (κ1) is 8.44. The van der Waals surface area contributed by atoms with Crippen molar-refractivity contribution in [3.8, 4) is 5.75 Å². The zero-order valence-electron chi connectivity index (χ0n) is 6.46. The van der Waals surface area contributed by atoms with Gasteiger partial charge in [0.1, 0.15) is 0 Å². The van der Waals surface area contributed by atoms with Crippen LogP contribution in [0.1, 0.15) is 0 Å². The van der Waals surface area contributed by atoms with E-state index in [1.54, 1.807) is 12.3 Å². The normalized spacial score (nSPS) is 10.6. The molecule has 0 atom stereocenters. The molecule has 0 aliphatic heterocycles. The number of aromatic hydroxyl groups is 1. The largest absolute Gasteiger partial charge is 0.505 e. The molecule has 2 rings (SSSR count). The Labute approximate surface area is 82.2 Å². The molecule has 0 bridgehead atoms. The maximum Gasteiger partial charge on any atom is 0.166 e. The Kier molecular flexibility index (Phi) is 1.92. The van der Waals surface area contributed by atoms with Crippen molar-refractivity contribution in [3.63, 3.8) is 0 Å². The van der Waals surface area contributed by atoms with E-state index in [9.17, 15) is 4.39 Å². The van der Waals surface area contributed by atoms with Crippen LogP contribution >= 0.6 is 15.9 Å². The zero-order valence-corrected chi connectivity index (χ0v) is 8.05. The minimum absolute atomic E-state index is 0.354. The molecule has 2 aromatic rings. The number of halogens is 2. The van der Waals surface area contributed by atoms with Crippen LogP contribution in [0.3, 0.4) is 0 Å². The molecule has 2 nitrogen and oxygen atoms in total. The summed E-state index contributed by atoms with van der Waals surface area (Å²) in [4.78, 5) is 3.98. The van der Waals surface area contributed by atoms with E-state index in [-0.39, 0.29) is 5.75 Å². The van der Waals surface area contributed by atoms with E-state index >= 15 is 0 Å². The molecule has 0 saturated heterocycles. The Hall–Kier alpha value is -1.16. The minimum atomic E-state index is -0.651. The predicted octanol–water partition coefficient (Wildman–Crippen LogP) is 2.84. The molecule has 0 saturated carbocycles. The summed E-state index contributed by atoms with van der Waals surface area (Å²) >= 11 is 3.24. The van der Waals surface area contributed by atoms with Crippen molar-refractivity contribution >= 4 is 26.8 Å². The van der Waals surface area contributed by atoms with Crippen molar-refractivity contribution in [1.82, 2.24) is 4.98 Å². The van der Waals surface area contributed by atoms with Crippen LogP contribution in [0, 0.1) is 5.82 Å². The summed E-state index contributed by atoms with van der Waals surface area (Å²) in [6.45, 7) is 0. The van der Waals surface area contributed by atoms with Crippen molar-refractivity contribution in [3.05, 3.63) is 34.7 Å². The molecule has 1 aromatic carbocycles. The number of nitrogens with zero attached hydrogens (tertiary/aromatic N) is 1. The highest BCUT2D eigenvalue weighted by molar-refractivity contribution is 9.10. The molecule has 0 amide bonds. The first-order valence-electron chi connectivity index (χ1n) is 3.60. The Morgan fingerprint density at radius 2 is 2.08 bits per heavy atom. The lowest BCUT2D eigenvalue weighted by Gasteiger charge is -1.99. The highest BCUT2D eigenvalue weighted by atomic mass is 79.9. The lowest BCUT2D eigenvalue weighted by molar-refractivity contribution is 0.433. The van der Waals surface area contributed by atoms with Crippen LogP contribution in [0.4, 0.5) is 4.39 Å². The van der Waals surface area contributed by atoms with Gasteiger partial charge < -0.3 is 5.11 Å². The van der Waals surface area contributed by atoms with Crippen LogP contribution in [0.5, 0.6) is 5.75 Å². The lowest BCUT2D eigenvalue weighted by Crippen LogP contribution is -1.82. The minimum Gasteiger partial charge on any atom is -0.505 e. The van der Waals surface area contributed by atoms with E-state index in [4.69, 9.17) is 5.11 Å². The van der Waals surface area contributed by atoms with E-state index in [2.05, 4.69) is 20.9 Å². The SMILES string of the molecule is Oc1cc2cc(Br)cnc2cc1F. The van der Waals surface area contributed by atoms with E-state index in [0.29, 0.717) is 10.9 Å². The van der Waals surface area contributed by atoms with E-state index < -0.39 is 5.82 Å². The molecule has 1 N–H and O–H groups in total. The van der Waals surface area contributed by atoms with E-state index in [1.165, 1.54) is 12.1 Å². The molecule has 0 aliphatic rings. The summed E-state index contributed by atoms with van der Waals surface area (Å²) in [6, 6.07) is 4.32. The average Bonchev–Trinajstić information content (AvgIpc) is 2.08. The number of hydrogen-bond acceptors (Lipinski definition) is 2. The molecule has 66 valence electrons. The third kappa shape index (κ3) is 1.49. The fourth-order valence-corrected chi connectivity index (χ4v) is 1.46. The fraction of sp³-hybridized carbons (Fsp3) is 0. The number of pyridine rings is 1. The van der Waals surface area contributed by atoms with Crippen LogP contribution in [0.25, 0.3) is 10.9 Å². The molecular weight excluding hydrogens is 237 g/mol. The second kappa shape index (κ2) is 2.96. The molecule has 1 heterocycles. The maximum atomic E-state index is 12.8. The van der Waals surface area contributed by atoms with Gasteiger partial charge in [-0.25, -0.2) is 4.39 Å². The second-order valence-corrected chi connectivity index (χ2v) is 3.57. The van der Waals surface area contributed by atoms with Gasteiger partial charge in [0.15, 0.2) is 11.6 Å². The first-order chi connectivity index (χ1) is 6.16. The van der Waals surface area contributed by atoms with Gasteiger partial charge in [-0.2, -0.15) is 0 Å². The third-order valence-electron chi connectivity index (χ3n) is 1.72. The molecule has 0 fully saturated rings. The van der Waals surface area contributed by atoms with E-state index in [0.717, 1.165) is 4.47 Å². The number of phenolic OH excluding ortho intramolecular Hbond substituents is 1. The standard InChI is InChI=1S/C9H5BrFNO/c10-6-1-5-2-9(13)7(11)3-8(5)12-4-6/h1-4,13H. The number of aromatic nitrogens is 1. The van der Waals surface area contributed by atoms with Crippen molar-refractivity contribution in [2.75, 3.05) is 0 Å². The van der Waals surface area contributed by atoms with Gasteiger partial charge in [0.25, 0.3) is 0 Å². The van der Waals surface area contributed by atoms with Crippen molar-refractivity contribution < 1.29 is 9.50 Å². The number of benzene rings is 1. The van der Waals surface area contributed by atoms with Crippen LogP contribution in [0.2, 0.25) is 0 Å². The topological polar surface area (TPSA) is 33.1 Å². The molecule has 4 heteroatoms. The third-order valence-corrected chi connectivity index (χ3v) is 2.15. The van der Waals surface area contributed by atoms with Gasteiger partial charge in [0.05, 0.1) is 5.52 Å². The van der Waals surface area contributed by atoms with Gasteiger partial charge >= 0.3 is 0 Å². The molecule has 0 radical (unpaired) electrons. The van der Waals surface area contributed by atoms with Gasteiger partial charge in [-0.15, -0.1) is 0 Å². The summed E-state index contributed by atoms with van der Waals surface area (Å²) in [7, 11) is 0. The molecule has 13 heavy (non-hydrogen) atoms. The fourth-order valence-electron chi connectivity index (χ4n) is 1.11. The molecule has 0 aliphatic carbocycles. The van der Waals surface area contributed by atoms with Crippen LogP contribution in [-0.4, -0.2) is 10.1 Å². The predicted molar refractivity (Wildman–Crippen MR) is 51.1 cm³/mol. The van der Waals surface area contributed by atoms with Crippen molar-refractivity contribution in [1.29, 1.82) is 0 Å². The Morgan fingerprint density at radius 3 is 2.85 bits per heavy atom. The Morgan fingerprint density at radius 1 is 1.31 bits per heavy atom. The van der Waals surface area contributed by atoms with Gasteiger partial charge in [-0.1, -0.05) is 0 Å². The quantitative estimate of drug-likeness (QED) is 0.770. The molecule has 1 aromatic heterocycles. The summed E-state index contributed by atoms with van der Waals surface area (Å²) in [6.07, 6.45) is 1.58. The summed E-state index contributed by atoms with van der Waals surface area (Å²) in [5, 5.41) is 9.79. The number of phenols is 1. The van der Waals surface area contributed by atoms with Crippen LogP contribution < -0.4 is 0 Å². The molecule has 0 unspecified atom stereocenters. The van der Waals surface area contributed by atoms with Crippen LogP contribution in [-0.2, 0) is 0 Å². The lowest BCUT2D eigenvalue weighted by atomic mass is 10.2. The summed E-state index contributed by atoms with van der Waals surface area (Å²) in [5.74, 6) is -1.00. The van der Waals surface area contributed by atoms with Crippen molar-refractivity contribution in [2.45, 2.75) is 0 Å². The summed E-state index contributed by atoms with van der Waals surface area (Å²) in [5.41, 5.74) is 0.526. The highest BCUT2D eigenvalue weighted by Gasteiger charge is 2.03. The smallest absolute Gasteiger partial charge is 0.166 e. The zero-order chi connectivity index (χ0) is 9.42. The number of hydrogen-bond donors (Lipinski definition) is 1. The van der Waals surface area contributed by atoms with Crippen LogP contribution in [0.15, 0.2) is 28.9 Å². The van der Waals surface area contributed by atoms with Gasteiger partial charge in [0, 0.05) is 22.1 Å². The average molecular weight is 242 g/mol. The van der Waals surface area contributed by atoms with Crippen molar-refractivity contribution in [2.24, 2.45) is 0 Å². The Bertz CT molecular complexity index is 472. The van der Waals surface area contributed by atoms with Gasteiger partial charge in [-0.3, -0.25) is 4.98 Å². The molecular formula is C9H5BrFNO. The number of rotatable bonds is 0. The monoisotopic (exact) mass is 241 g/mol. The maximum absolute atomic E-state index is 12.8. The summed E-state index contributed by atoms with van der Waals surface area (Å²) < 4.78 is 13.6. The second-order valence-electron chi connectivity index (χ2n) is 2.65. The highest BCUT2D eigenvalue weighted by Crippen LogP contribution is 2.24. The first-order valence-corrected chi connectivity index (χ1v) is 4.40. The van der Waals surface area contributed by atoms with Gasteiger partial charge in [0.2, 0.25) is 0 Å². The van der Waals surface area contributed by atoms with Gasteiger partial charge in [-0.05, 0) is 28.1 Å². The van der Waals surface area contributed by atoms with E-state index in [1.807, 2.05) is 0 Å². The Balaban J connectivity index is 2.81. The number of fused-ring (bicyclic) bond motifs is 1.